The van der Waals surface area contributed by atoms with E-state index in [1.807, 2.05) is 12.1 Å². The van der Waals surface area contributed by atoms with Crippen molar-refractivity contribution in [2.45, 2.75) is 58.0 Å². The van der Waals surface area contributed by atoms with Gasteiger partial charge in [-0.2, -0.15) is 5.26 Å². The molecule has 3 atom stereocenters. The number of nitriles is 1. The van der Waals surface area contributed by atoms with Gasteiger partial charge in [0.15, 0.2) is 0 Å². The molecule has 152 valence electrons. The lowest BCUT2D eigenvalue weighted by atomic mass is 9.70. The molecule has 3 unspecified atom stereocenters. The number of benzene rings is 1. The third-order valence-electron chi connectivity index (χ3n) is 5.01. The largest absolute Gasteiger partial charge is 0.355 e. The Morgan fingerprint density at radius 3 is 2.39 bits per heavy atom. The average molecular weight is 405 g/mol. The molecule has 0 aromatic heterocycles. The van der Waals surface area contributed by atoms with E-state index in [0.29, 0.717) is 24.5 Å². The second-order valence-corrected chi connectivity index (χ2v) is 9.04. The highest BCUT2D eigenvalue weighted by molar-refractivity contribution is 6.30. The Hall–Kier alpha value is -2.10. The summed E-state index contributed by atoms with van der Waals surface area (Å²) in [4.78, 5) is 23.6. The first-order valence-corrected chi connectivity index (χ1v) is 9.91. The summed E-state index contributed by atoms with van der Waals surface area (Å²) in [5, 5.41) is 19.7. The molecule has 28 heavy (non-hydrogen) atoms. The molecule has 1 heterocycles. The summed E-state index contributed by atoms with van der Waals surface area (Å²) < 4.78 is 0. The SMILES string of the molecule is CC(=O)NCCNC(=O)C1CC(C#N)(c2ccc(Cl)cc2)C(CC(C)(C)C)N1. The molecule has 6 nitrogen and oxygen atoms in total. The van der Waals surface area contributed by atoms with Gasteiger partial charge >= 0.3 is 0 Å². The molecule has 1 aliphatic heterocycles. The molecule has 1 aromatic carbocycles. The highest BCUT2D eigenvalue weighted by atomic mass is 35.5. The Labute approximate surface area is 172 Å². The van der Waals surface area contributed by atoms with E-state index in [9.17, 15) is 14.9 Å². The van der Waals surface area contributed by atoms with Gasteiger partial charge in [-0.15, -0.1) is 0 Å². The van der Waals surface area contributed by atoms with Crippen LogP contribution in [0.4, 0.5) is 0 Å². The maximum absolute atomic E-state index is 12.7. The number of amides is 2. The number of nitrogens with one attached hydrogen (secondary N) is 3. The molecule has 0 radical (unpaired) electrons. The van der Waals surface area contributed by atoms with Crippen LogP contribution < -0.4 is 16.0 Å². The van der Waals surface area contributed by atoms with Crippen LogP contribution in [0.5, 0.6) is 0 Å². The van der Waals surface area contributed by atoms with Crippen LogP contribution in [0.1, 0.15) is 46.1 Å². The van der Waals surface area contributed by atoms with E-state index < -0.39 is 11.5 Å². The summed E-state index contributed by atoms with van der Waals surface area (Å²) in [6, 6.07) is 9.19. The van der Waals surface area contributed by atoms with Gasteiger partial charge in [0.1, 0.15) is 0 Å². The molecule has 0 bridgehead atoms. The normalized spacial score (nSPS) is 24.4. The second kappa shape index (κ2) is 8.93. The molecule has 1 fully saturated rings. The fraction of sp³-hybridized carbons (Fsp3) is 0.571. The predicted molar refractivity (Wildman–Crippen MR) is 110 cm³/mol. The molecule has 0 aliphatic carbocycles. The van der Waals surface area contributed by atoms with Crippen LogP contribution in [0.3, 0.4) is 0 Å². The summed E-state index contributed by atoms with van der Waals surface area (Å²) in [7, 11) is 0. The van der Waals surface area contributed by atoms with E-state index in [0.717, 1.165) is 12.0 Å². The van der Waals surface area contributed by atoms with Crippen molar-refractivity contribution < 1.29 is 9.59 Å². The zero-order valence-corrected chi connectivity index (χ0v) is 17.7. The zero-order valence-electron chi connectivity index (χ0n) is 16.9. The van der Waals surface area contributed by atoms with Crippen LogP contribution >= 0.6 is 11.6 Å². The van der Waals surface area contributed by atoms with Gasteiger partial charge in [0.2, 0.25) is 11.8 Å². The smallest absolute Gasteiger partial charge is 0.237 e. The number of carbonyl (C=O) groups excluding carboxylic acids is 2. The minimum absolute atomic E-state index is 0.0109. The Bertz CT molecular complexity index is 751. The van der Waals surface area contributed by atoms with Crippen molar-refractivity contribution >= 4 is 23.4 Å². The fourth-order valence-electron chi connectivity index (χ4n) is 3.72. The van der Waals surface area contributed by atoms with Gasteiger partial charge in [0.05, 0.1) is 17.5 Å². The Morgan fingerprint density at radius 1 is 1.25 bits per heavy atom. The summed E-state index contributed by atoms with van der Waals surface area (Å²) in [5.74, 6) is -0.292. The van der Waals surface area contributed by atoms with E-state index in [4.69, 9.17) is 11.6 Å². The lowest BCUT2D eigenvalue weighted by Gasteiger charge is -2.33. The first-order chi connectivity index (χ1) is 13.1. The average Bonchev–Trinajstić information content (AvgIpc) is 2.97. The monoisotopic (exact) mass is 404 g/mol. The lowest BCUT2D eigenvalue weighted by molar-refractivity contribution is -0.123. The Morgan fingerprint density at radius 2 is 1.86 bits per heavy atom. The molecule has 1 aliphatic rings. The molecule has 2 rings (SSSR count). The minimum Gasteiger partial charge on any atom is -0.355 e. The maximum atomic E-state index is 12.7. The number of rotatable bonds is 6. The fourth-order valence-corrected chi connectivity index (χ4v) is 3.85. The lowest BCUT2D eigenvalue weighted by Crippen LogP contribution is -2.46. The van der Waals surface area contributed by atoms with Gasteiger partial charge in [-0.05, 0) is 36.0 Å². The van der Waals surface area contributed by atoms with Gasteiger partial charge in [0.25, 0.3) is 0 Å². The number of carbonyl (C=O) groups is 2. The van der Waals surface area contributed by atoms with Crippen molar-refractivity contribution in [2.24, 2.45) is 5.41 Å². The van der Waals surface area contributed by atoms with Crippen molar-refractivity contribution in [3.63, 3.8) is 0 Å². The number of nitrogens with zero attached hydrogens (tertiary/aromatic N) is 1. The molecule has 0 saturated carbocycles. The van der Waals surface area contributed by atoms with Crippen LogP contribution in [0, 0.1) is 16.7 Å². The molecule has 2 amide bonds. The predicted octanol–water partition coefficient (Wildman–Crippen LogP) is 2.52. The summed E-state index contributed by atoms with van der Waals surface area (Å²) in [6.07, 6.45) is 1.14. The zero-order chi connectivity index (χ0) is 20.9. The van der Waals surface area contributed by atoms with E-state index in [-0.39, 0.29) is 23.3 Å². The van der Waals surface area contributed by atoms with E-state index >= 15 is 0 Å². The first kappa shape index (κ1) is 22.2. The summed E-state index contributed by atoms with van der Waals surface area (Å²) >= 11 is 6.03. The maximum Gasteiger partial charge on any atom is 0.237 e. The standard InChI is InChI=1S/C21H29ClN4O2/c1-14(27)24-9-10-25-19(28)17-11-21(13-23,15-5-7-16(22)8-6-15)18(26-17)12-20(2,3)4/h5-8,17-18,26H,9-12H2,1-4H3,(H,24,27)(H,25,28). The van der Waals surface area contributed by atoms with Gasteiger partial charge in [-0.25, -0.2) is 0 Å². The molecular weight excluding hydrogens is 376 g/mol. The number of hydrogen-bond donors (Lipinski definition) is 3. The van der Waals surface area contributed by atoms with Crippen LogP contribution in [0.2, 0.25) is 5.02 Å². The van der Waals surface area contributed by atoms with Gasteiger partial charge in [-0.1, -0.05) is 44.5 Å². The first-order valence-electron chi connectivity index (χ1n) is 9.53. The van der Waals surface area contributed by atoms with Crippen LogP contribution in [0.15, 0.2) is 24.3 Å². The van der Waals surface area contributed by atoms with Gasteiger partial charge < -0.3 is 16.0 Å². The Kier molecular flexibility index (Phi) is 7.08. The highest BCUT2D eigenvalue weighted by Gasteiger charge is 2.51. The quantitative estimate of drug-likeness (QED) is 0.635. The van der Waals surface area contributed by atoms with E-state index in [1.54, 1.807) is 12.1 Å². The summed E-state index contributed by atoms with van der Waals surface area (Å²) in [6.45, 7) is 8.53. The van der Waals surface area contributed by atoms with Gasteiger partial charge in [0, 0.05) is 31.1 Å². The number of hydrogen-bond acceptors (Lipinski definition) is 4. The van der Waals surface area contributed by atoms with Crippen molar-refractivity contribution in [3.8, 4) is 6.07 Å². The molecule has 7 heteroatoms. The topological polar surface area (TPSA) is 94.0 Å². The molecule has 0 spiro atoms. The third kappa shape index (κ3) is 5.46. The van der Waals surface area contributed by atoms with Crippen molar-refractivity contribution in [3.05, 3.63) is 34.9 Å². The minimum atomic E-state index is -0.808. The van der Waals surface area contributed by atoms with Crippen LogP contribution in [-0.2, 0) is 15.0 Å². The highest BCUT2D eigenvalue weighted by Crippen LogP contribution is 2.42. The third-order valence-corrected chi connectivity index (χ3v) is 5.27. The molecule has 1 aromatic rings. The molecule has 1 saturated heterocycles. The molecule has 3 N–H and O–H groups in total. The second-order valence-electron chi connectivity index (χ2n) is 8.60. The molecular formula is C21H29ClN4O2. The van der Waals surface area contributed by atoms with Gasteiger partial charge in [-0.3, -0.25) is 9.59 Å². The van der Waals surface area contributed by atoms with Crippen molar-refractivity contribution in [2.75, 3.05) is 13.1 Å². The van der Waals surface area contributed by atoms with Crippen molar-refractivity contribution in [1.82, 2.24) is 16.0 Å². The van der Waals surface area contributed by atoms with Crippen molar-refractivity contribution in [1.29, 1.82) is 5.26 Å². The Balaban J connectivity index is 2.21. The van der Waals surface area contributed by atoms with E-state index in [1.165, 1.54) is 6.92 Å². The summed E-state index contributed by atoms with van der Waals surface area (Å²) in [5.41, 5.74) is 0.0511. The number of halogens is 1. The van der Waals surface area contributed by atoms with Crippen LogP contribution in [0.25, 0.3) is 0 Å². The van der Waals surface area contributed by atoms with E-state index in [2.05, 4.69) is 42.8 Å². The van der Waals surface area contributed by atoms with Crippen LogP contribution in [-0.4, -0.2) is 37.0 Å².